The van der Waals surface area contributed by atoms with Gasteiger partial charge in [0.15, 0.2) is 11.5 Å². The smallest absolute Gasteiger partial charge is 0.161 e. The van der Waals surface area contributed by atoms with E-state index in [1.54, 1.807) is 27.5 Å². The third-order valence-electron chi connectivity index (χ3n) is 3.13. The van der Waals surface area contributed by atoms with Gasteiger partial charge in [0.05, 0.1) is 34.1 Å². The van der Waals surface area contributed by atoms with Crippen molar-refractivity contribution in [2.75, 3.05) is 21.3 Å². The summed E-state index contributed by atoms with van der Waals surface area (Å²) in [4.78, 5) is 0. The Hall–Kier alpha value is -2.69. The maximum atomic E-state index is 5.27. The van der Waals surface area contributed by atoms with Crippen LogP contribution in [0.5, 0.6) is 17.2 Å². The van der Waals surface area contributed by atoms with E-state index in [-0.39, 0.29) is 0 Å². The van der Waals surface area contributed by atoms with Gasteiger partial charge in [0.2, 0.25) is 0 Å². The van der Waals surface area contributed by atoms with Crippen molar-refractivity contribution in [3.8, 4) is 17.2 Å². The van der Waals surface area contributed by atoms with Crippen LogP contribution in [0, 0.1) is 0 Å². The van der Waals surface area contributed by atoms with Crippen molar-refractivity contribution < 1.29 is 14.2 Å². The van der Waals surface area contributed by atoms with Crippen LogP contribution in [-0.4, -0.2) is 27.5 Å². The number of nitrogens with zero attached hydrogens (tertiary/aromatic N) is 1. The molecule has 0 spiro atoms. The highest BCUT2D eigenvalue weighted by molar-refractivity contribution is 5.79. The second-order valence-corrected chi connectivity index (χ2v) is 4.56. The van der Waals surface area contributed by atoms with E-state index in [9.17, 15) is 0 Å². The Labute approximate surface area is 130 Å². The average molecular weight is 300 g/mol. The van der Waals surface area contributed by atoms with E-state index >= 15 is 0 Å². The lowest BCUT2D eigenvalue weighted by atomic mass is 10.2. The van der Waals surface area contributed by atoms with Gasteiger partial charge < -0.3 is 19.6 Å². The van der Waals surface area contributed by atoms with Gasteiger partial charge in [0.1, 0.15) is 5.75 Å². The number of hydrogen-bond donors (Lipinski definition) is 1. The Balaban J connectivity index is 1.94. The van der Waals surface area contributed by atoms with Gasteiger partial charge in [0, 0.05) is 0 Å². The zero-order valence-corrected chi connectivity index (χ0v) is 13.0. The van der Waals surface area contributed by atoms with Crippen LogP contribution < -0.4 is 19.6 Å². The average Bonchev–Trinajstić information content (AvgIpc) is 2.58. The normalized spacial score (nSPS) is 10.5. The van der Waals surface area contributed by atoms with Gasteiger partial charge in [-0.05, 0) is 35.4 Å². The topological polar surface area (TPSA) is 52.1 Å². The van der Waals surface area contributed by atoms with E-state index in [4.69, 9.17) is 14.2 Å². The molecule has 2 rings (SSSR count). The van der Waals surface area contributed by atoms with Crippen molar-refractivity contribution in [1.82, 2.24) is 5.43 Å². The van der Waals surface area contributed by atoms with Crippen molar-refractivity contribution in [2.45, 2.75) is 6.54 Å². The van der Waals surface area contributed by atoms with E-state index in [0.29, 0.717) is 18.0 Å². The van der Waals surface area contributed by atoms with Crippen LogP contribution in [0.1, 0.15) is 11.1 Å². The monoisotopic (exact) mass is 300 g/mol. The number of nitrogens with one attached hydrogen (secondary N) is 1. The lowest BCUT2D eigenvalue weighted by molar-refractivity contribution is 0.354. The summed E-state index contributed by atoms with van der Waals surface area (Å²) in [5, 5.41) is 4.21. The maximum absolute atomic E-state index is 5.27. The van der Waals surface area contributed by atoms with Gasteiger partial charge in [-0.2, -0.15) is 5.10 Å². The van der Waals surface area contributed by atoms with Crippen LogP contribution in [0.4, 0.5) is 0 Å². The van der Waals surface area contributed by atoms with Crippen molar-refractivity contribution in [3.63, 3.8) is 0 Å². The van der Waals surface area contributed by atoms with Gasteiger partial charge in [0.25, 0.3) is 0 Å². The van der Waals surface area contributed by atoms with Gasteiger partial charge >= 0.3 is 0 Å². The van der Waals surface area contributed by atoms with Gasteiger partial charge in [-0.1, -0.05) is 18.2 Å². The fraction of sp³-hybridized carbons (Fsp3) is 0.235. The Morgan fingerprint density at radius 2 is 1.77 bits per heavy atom. The molecular weight excluding hydrogens is 280 g/mol. The lowest BCUT2D eigenvalue weighted by Gasteiger charge is -2.09. The molecule has 0 atom stereocenters. The number of hydrazone groups is 1. The molecule has 0 unspecified atom stereocenters. The molecule has 2 aromatic rings. The second-order valence-electron chi connectivity index (χ2n) is 4.56. The Bertz CT molecular complexity index is 642. The molecule has 0 amide bonds. The molecule has 0 saturated carbocycles. The third-order valence-corrected chi connectivity index (χ3v) is 3.13. The minimum atomic E-state index is 0.598. The number of hydrogen-bond acceptors (Lipinski definition) is 5. The molecule has 0 bridgehead atoms. The zero-order valence-electron chi connectivity index (χ0n) is 13.0. The summed E-state index contributed by atoms with van der Waals surface area (Å²) in [5.74, 6) is 2.23. The minimum absolute atomic E-state index is 0.598. The van der Waals surface area contributed by atoms with Crippen molar-refractivity contribution in [3.05, 3.63) is 53.6 Å². The van der Waals surface area contributed by atoms with Crippen LogP contribution in [-0.2, 0) is 6.54 Å². The largest absolute Gasteiger partial charge is 0.497 e. The molecule has 116 valence electrons. The highest BCUT2D eigenvalue weighted by atomic mass is 16.5. The van der Waals surface area contributed by atoms with Crippen molar-refractivity contribution >= 4 is 6.21 Å². The molecule has 0 radical (unpaired) electrons. The molecule has 0 aliphatic carbocycles. The molecule has 0 aliphatic rings. The molecule has 2 aromatic carbocycles. The highest BCUT2D eigenvalue weighted by Gasteiger charge is 2.03. The number of ether oxygens (including phenoxy) is 3. The van der Waals surface area contributed by atoms with Crippen LogP contribution in [0.15, 0.2) is 47.6 Å². The van der Waals surface area contributed by atoms with E-state index < -0.39 is 0 Å². The minimum Gasteiger partial charge on any atom is -0.497 e. The first-order chi connectivity index (χ1) is 10.8. The van der Waals surface area contributed by atoms with Crippen molar-refractivity contribution in [1.29, 1.82) is 0 Å². The standard InChI is InChI=1S/C17H20N2O3/c1-20-15-6-4-5-13(9-15)11-18-19-12-14-7-8-16(21-2)17(10-14)22-3/h4-11,19H,12H2,1-3H3/b18-11+. The molecule has 0 aromatic heterocycles. The number of methoxy groups -OCH3 is 3. The molecule has 5 heteroatoms. The van der Waals surface area contributed by atoms with Crippen LogP contribution in [0.25, 0.3) is 0 Å². The predicted octanol–water partition coefficient (Wildman–Crippen LogP) is 2.84. The molecular formula is C17H20N2O3. The quantitative estimate of drug-likeness (QED) is 0.631. The summed E-state index contributed by atoms with van der Waals surface area (Å²) >= 11 is 0. The van der Waals surface area contributed by atoms with Crippen LogP contribution in [0.3, 0.4) is 0 Å². The summed E-state index contributed by atoms with van der Waals surface area (Å²) in [5.41, 5.74) is 5.04. The Morgan fingerprint density at radius 3 is 2.50 bits per heavy atom. The summed E-state index contributed by atoms with van der Waals surface area (Å²) in [7, 11) is 4.88. The maximum Gasteiger partial charge on any atom is 0.161 e. The van der Waals surface area contributed by atoms with Crippen LogP contribution in [0.2, 0.25) is 0 Å². The molecule has 0 fully saturated rings. The van der Waals surface area contributed by atoms with E-state index in [2.05, 4.69) is 10.5 Å². The van der Waals surface area contributed by atoms with Crippen LogP contribution >= 0.6 is 0 Å². The summed E-state index contributed by atoms with van der Waals surface area (Å²) in [6, 6.07) is 13.5. The first-order valence-electron chi connectivity index (χ1n) is 6.87. The summed E-state index contributed by atoms with van der Waals surface area (Å²) in [6.45, 7) is 0.598. The lowest BCUT2D eigenvalue weighted by Crippen LogP contribution is -2.06. The summed E-state index contributed by atoms with van der Waals surface area (Å²) in [6.07, 6.45) is 1.75. The molecule has 0 saturated heterocycles. The first kappa shape index (κ1) is 15.7. The van der Waals surface area contributed by atoms with Crippen molar-refractivity contribution in [2.24, 2.45) is 5.10 Å². The second kappa shape index (κ2) is 7.93. The molecule has 1 N–H and O–H groups in total. The number of benzene rings is 2. The van der Waals surface area contributed by atoms with E-state index in [0.717, 1.165) is 16.9 Å². The zero-order chi connectivity index (χ0) is 15.8. The van der Waals surface area contributed by atoms with Gasteiger partial charge in [-0.3, -0.25) is 0 Å². The van der Waals surface area contributed by atoms with E-state index in [1.807, 2.05) is 42.5 Å². The van der Waals surface area contributed by atoms with Gasteiger partial charge in [-0.15, -0.1) is 0 Å². The molecule has 0 aliphatic heterocycles. The first-order valence-corrected chi connectivity index (χ1v) is 6.87. The molecule has 5 nitrogen and oxygen atoms in total. The van der Waals surface area contributed by atoms with Gasteiger partial charge in [-0.25, -0.2) is 0 Å². The molecule has 22 heavy (non-hydrogen) atoms. The molecule has 0 heterocycles. The predicted molar refractivity (Wildman–Crippen MR) is 87.0 cm³/mol. The third kappa shape index (κ3) is 4.15. The fourth-order valence-electron chi connectivity index (χ4n) is 1.97. The Kier molecular flexibility index (Phi) is 5.65. The summed E-state index contributed by atoms with van der Waals surface area (Å²) < 4.78 is 15.7. The Morgan fingerprint density at radius 1 is 0.955 bits per heavy atom. The van der Waals surface area contributed by atoms with E-state index in [1.165, 1.54) is 0 Å². The SMILES string of the molecule is COc1cccc(/C=N/NCc2ccc(OC)c(OC)c2)c1. The highest BCUT2D eigenvalue weighted by Crippen LogP contribution is 2.27. The fourth-order valence-corrected chi connectivity index (χ4v) is 1.97. The number of rotatable bonds is 7.